The van der Waals surface area contributed by atoms with Gasteiger partial charge in [0.15, 0.2) is 5.82 Å². The second-order valence-electron chi connectivity index (χ2n) is 14.2. The van der Waals surface area contributed by atoms with E-state index in [0.717, 1.165) is 67.5 Å². The highest BCUT2D eigenvalue weighted by molar-refractivity contribution is 5.91. The van der Waals surface area contributed by atoms with E-state index in [1.54, 1.807) is 0 Å². The van der Waals surface area contributed by atoms with Crippen molar-refractivity contribution < 1.29 is 4.74 Å². The smallest absolute Gasteiger partial charge is 0.160 e. The Morgan fingerprint density at radius 2 is 1.17 bits per heavy atom. The number of hydrogen-bond donors (Lipinski definition) is 0. The monoisotopic (exact) mass is 681 g/mol. The van der Waals surface area contributed by atoms with E-state index >= 15 is 0 Å². The second kappa shape index (κ2) is 12.0. The fraction of sp³-hybridized carbons (Fsp3) is 0.0816. The van der Waals surface area contributed by atoms with E-state index in [1.807, 2.05) is 19.2 Å². The van der Waals surface area contributed by atoms with Crippen LogP contribution in [0.5, 0.6) is 11.5 Å². The van der Waals surface area contributed by atoms with Gasteiger partial charge in [-0.2, -0.15) is 0 Å². The number of aromatic nitrogens is 3. The van der Waals surface area contributed by atoms with E-state index in [-0.39, 0.29) is 0 Å². The largest absolute Gasteiger partial charge is 0.457 e. The maximum absolute atomic E-state index is 6.82. The van der Waals surface area contributed by atoms with Gasteiger partial charge in [-0.25, -0.2) is 9.97 Å². The summed E-state index contributed by atoms with van der Waals surface area (Å²) in [5, 5.41) is 0. The highest BCUT2D eigenvalue weighted by atomic mass is 16.5. The van der Waals surface area contributed by atoms with Gasteiger partial charge in [-0.15, -0.1) is 0 Å². The van der Waals surface area contributed by atoms with Crippen molar-refractivity contribution in [2.24, 2.45) is 0 Å². The van der Waals surface area contributed by atoms with Gasteiger partial charge in [0.2, 0.25) is 0 Å². The third kappa shape index (κ3) is 4.87. The molecular formula is C49H35N3O. The molecule has 3 heterocycles. The minimum atomic E-state index is -0.570. The maximum Gasteiger partial charge on any atom is 0.160 e. The van der Waals surface area contributed by atoms with Crippen LogP contribution in [0.1, 0.15) is 39.1 Å². The molecule has 0 N–H and O–H groups in total. The van der Waals surface area contributed by atoms with Crippen LogP contribution in [-0.4, -0.2) is 15.0 Å². The first-order valence-corrected chi connectivity index (χ1v) is 18.1. The molecule has 2 aromatic heterocycles. The molecule has 8 aromatic rings. The average molecular weight is 682 g/mol. The van der Waals surface area contributed by atoms with Gasteiger partial charge < -0.3 is 4.74 Å². The van der Waals surface area contributed by atoms with Crippen LogP contribution in [0.3, 0.4) is 0 Å². The lowest BCUT2D eigenvalue weighted by Gasteiger charge is -2.39. The summed E-state index contributed by atoms with van der Waals surface area (Å²) < 4.78 is 6.82. The molecule has 10 rings (SSSR count). The summed E-state index contributed by atoms with van der Waals surface area (Å²) in [6.07, 6.45) is 1.95. The third-order valence-corrected chi connectivity index (χ3v) is 10.8. The summed E-state index contributed by atoms with van der Waals surface area (Å²) in [6, 6.07) is 54.0. The molecule has 0 radical (unpaired) electrons. The van der Waals surface area contributed by atoms with Gasteiger partial charge in [0, 0.05) is 39.7 Å². The lowest BCUT2D eigenvalue weighted by molar-refractivity contribution is 0.436. The van der Waals surface area contributed by atoms with E-state index in [0.29, 0.717) is 5.82 Å². The summed E-state index contributed by atoms with van der Waals surface area (Å²) in [4.78, 5) is 14.9. The molecule has 4 heteroatoms. The van der Waals surface area contributed by atoms with Crippen molar-refractivity contribution in [3.63, 3.8) is 0 Å². The molecule has 1 aliphatic carbocycles. The van der Waals surface area contributed by atoms with Crippen LogP contribution < -0.4 is 4.74 Å². The van der Waals surface area contributed by atoms with Gasteiger partial charge in [0.1, 0.15) is 11.5 Å². The third-order valence-electron chi connectivity index (χ3n) is 10.8. The van der Waals surface area contributed by atoms with Crippen LogP contribution in [0.25, 0.3) is 56.2 Å². The molecule has 1 unspecified atom stereocenters. The molecule has 4 nitrogen and oxygen atoms in total. The normalized spacial score (nSPS) is 14.9. The molecule has 0 fully saturated rings. The molecule has 1 atom stereocenters. The minimum Gasteiger partial charge on any atom is -0.457 e. The standard InChI is InChI=1S/C49H35N3O/c1-30-24-31(2)47(50-29-30)36-20-22-41-39(27-36)38-16-7-8-17-40(38)49(41)42-18-9-10-19-45(42)53-46-28-37(21-23-43(46)49)48-51-32(3)25-44(52-48)35-15-11-14-34(26-35)33-12-5-4-6-13-33/h4-29H,1-3H3. The van der Waals surface area contributed by atoms with Gasteiger partial charge in [0.25, 0.3) is 0 Å². The van der Waals surface area contributed by atoms with Crippen molar-refractivity contribution in [1.82, 2.24) is 15.0 Å². The Morgan fingerprint density at radius 3 is 2.04 bits per heavy atom. The van der Waals surface area contributed by atoms with E-state index < -0.39 is 5.41 Å². The molecule has 0 bridgehead atoms. The van der Waals surface area contributed by atoms with E-state index in [4.69, 9.17) is 19.7 Å². The fourth-order valence-electron chi connectivity index (χ4n) is 8.55. The van der Waals surface area contributed by atoms with E-state index in [1.165, 1.54) is 33.4 Å². The Labute approximate surface area is 309 Å². The summed E-state index contributed by atoms with van der Waals surface area (Å²) in [7, 11) is 0. The maximum atomic E-state index is 6.82. The zero-order valence-corrected chi connectivity index (χ0v) is 29.8. The van der Waals surface area contributed by atoms with E-state index in [2.05, 4.69) is 159 Å². The van der Waals surface area contributed by atoms with E-state index in [9.17, 15) is 0 Å². The molecule has 0 saturated carbocycles. The van der Waals surface area contributed by atoms with Crippen LogP contribution in [0, 0.1) is 20.8 Å². The molecule has 0 saturated heterocycles. The van der Waals surface area contributed by atoms with Crippen molar-refractivity contribution >= 4 is 0 Å². The topological polar surface area (TPSA) is 47.9 Å². The van der Waals surface area contributed by atoms with Crippen LogP contribution in [-0.2, 0) is 5.41 Å². The molecule has 53 heavy (non-hydrogen) atoms. The first kappa shape index (κ1) is 31.1. The van der Waals surface area contributed by atoms with Crippen molar-refractivity contribution in [2.45, 2.75) is 26.2 Å². The van der Waals surface area contributed by atoms with Crippen molar-refractivity contribution in [3.05, 3.63) is 197 Å². The number of benzene rings is 6. The lowest BCUT2D eigenvalue weighted by Crippen LogP contribution is -2.32. The van der Waals surface area contributed by atoms with Gasteiger partial charge in [-0.05, 0) is 95.6 Å². The molecular weight excluding hydrogens is 647 g/mol. The quantitative estimate of drug-likeness (QED) is 0.185. The molecule has 1 spiro atoms. The number of fused-ring (bicyclic) bond motifs is 9. The SMILES string of the molecule is Cc1cnc(-c2ccc3c(c2)-c2ccccc2C32c3ccccc3Oc3cc(-c4nc(C)cc(-c5cccc(-c6ccccc6)c5)n4)ccc32)c(C)c1. The zero-order chi connectivity index (χ0) is 35.7. The van der Waals surface area contributed by atoms with Crippen molar-refractivity contribution in [1.29, 1.82) is 0 Å². The number of rotatable bonds is 4. The zero-order valence-electron chi connectivity index (χ0n) is 29.8. The molecule has 2 aliphatic rings. The summed E-state index contributed by atoms with van der Waals surface area (Å²) in [6.45, 7) is 6.26. The fourth-order valence-corrected chi connectivity index (χ4v) is 8.55. The Bertz CT molecular complexity index is 2750. The molecule has 6 aromatic carbocycles. The number of para-hydroxylation sites is 1. The predicted molar refractivity (Wildman–Crippen MR) is 213 cm³/mol. The average Bonchev–Trinajstić information content (AvgIpc) is 3.48. The Balaban J connectivity index is 1.14. The van der Waals surface area contributed by atoms with Gasteiger partial charge in [-0.3, -0.25) is 4.98 Å². The summed E-state index contributed by atoms with van der Waals surface area (Å²) >= 11 is 0. The first-order chi connectivity index (χ1) is 26.0. The second-order valence-corrected chi connectivity index (χ2v) is 14.2. The van der Waals surface area contributed by atoms with Crippen molar-refractivity contribution in [3.8, 4) is 67.7 Å². The number of ether oxygens (including phenoxy) is 1. The number of aryl methyl sites for hydroxylation is 3. The molecule has 252 valence electrons. The Hall–Kier alpha value is -6.65. The van der Waals surface area contributed by atoms with Crippen LogP contribution >= 0.6 is 0 Å². The van der Waals surface area contributed by atoms with Gasteiger partial charge in [-0.1, -0.05) is 121 Å². The molecule has 1 aliphatic heterocycles. The first-order valence-electron chi connectivity index (χ1n) is 18.1. The van der Waals surface area contributed by atoms with Crippen LogP contribution in [0.2, 0.25) is 0 Å². The Morgan fingerprint density at radius 1 is 0.472 bits per heavy atom. The Kier molecular flexibility index (Phi) is 7.02. The number of hydrogen-bond acceptors (Lipinski definition) is 4. The highest BCUT2D eigenvalue weighted by Crippen LogP contribution is 2.62. The van der Waals surface area contributed by atoms with Crippen LogP contribution in [0.15, 0.2) is 158 Å². The number of pyridine rings is 1. The van der Waals surface area contributed by atoms with Gasteiger partial charge in [0.05, 0.1) is 16.8 Å². The number of nitrogens with zero attached hydrogens (tertiary/aromatic N) is 3. The summed E-state index contributed by atoms with van der Waals surface area (Å²) in [5.74, 6) is 2.33. The lowest BCUT2D eigenvalue weighted by atomic mass is 9.66. The van der Waals surface area contributed by atoms with Gasteiger partial charge >= 0.3 is 0 Å². The highest BCUT2D eigenvalue weighted by Gasteiger charge is 2.51. The van der Waals surface area contributed by atoms with Crippen molar-refractivity contribution in [2.75, 3.05) is 0 Å². The minimum absolute atomic E-state index is 0.570. The molecule has 0 amide bonds. The predicted octanol–water partition coefficient (Wildman–Crippen LogP) is 11.9. The summed E-state index contributed by atoms with van der Waals surface area (Å²) in [5.41, 5.74) is 17.1. The van der Waals surface area contributed by atoms with Crippen LogP contribution in [0.4, 0.5) is 0 Å².